The van der Waals surface area contributed by atoms with Crippen molar-refractivity contribution in [1.82, 2.24) is 9.97 Å². The summed E-state index contributed by atoms with van der Waals surface area (Å²) in [5, 5.41) is 7.73. The van der Waals surface area contributed by atoms with Crippen LogP contribution in [0.25, 0.3) is 0 Å². The standard InChI is InChI=1S/C21H19FN6O4S/c1-11(29)24-14-6-8-15(9-7-14)25-16(30)10-33-21-27-18(23)17(20(32)28-21)26-19(31)12-2-4-13(22)5-3-12/h2-9H,10H2,1H3,(H,24,29)(H,25,30)(H,26,31)(H3,23,27,28,32). The molecule has 3 amide bonds. The van der Waals surface area contributed by atoms with Crippen LogP contribution in [0, 0.1) is 5.82 Å². The van der Waals surface area contributed by atoms with E-state index in [9.17, 15) is 23.6 Å². The number of nitrogens with one attached hydrogen (secondary N) is 4. The Morgan fingerprint density at radius 1 is 1.00 bits per heavy atom. The van der Waals surface area contributed by atoms with E-state index < -0.39 is 17.3 Å². The molecular formula is C21H19FN6O4S. The summed E-state index contributed by atoms with van der Waals surface area (Å²) in [5.41, 5.74) is 6.10. The van der Waals surface area contributed by atoms with Gasteiger partial charge in [0.2, 0.25) is 11.8 Å². The summed E-state index contributed by atoms with van der Waals surface area (Å²) in [5.74, 6) is -2.02. The molecular weight excluding hydrogens is 451 g/mol. The van der Waals surface area contributed by atoms with Gasteiger partial charge in [-0.25, -0.2) is 9.37 Å². The minimum atomic E-state index is -0.700. The third-order valence-corrected chi connectivity index (χ3v) is 4.97. The number of aromatic amines is 1. The molecule has 0 saturated heterocycles. The summed E-state index contributed by atoms with van der Waals surface area (Å²) in [7, 11) is 0. The molecule has 0 atom stereocenters. The summed E-state index contributed by atoms with van der Waals surface area (Å²) in [6.07, 6.45) is 0. The van der Waals surface area contributed by atoms with E-state index in [1.807, 2.05) is 0 Å². The van der Waals surface area contributed by atoms with Crippen LogP contribution >= 0.6 is 11.8 Å². The van der Waals surface area contributed by atoms with E-state index in [2.05, 4.69) is 25.9 Å². The zero-order valence-corrected chi connectivity index (χ0v) is 18.1. The molecule has 0 bridgehead atoms. The van der Waals surface area contributed by atoms with Crippen LogP contribution in [0.5, 0.6) is 0 Å². The fourth-order valence-corrected chi connectivity index (χ4v) is 3.28. The maximum Gasteiger partial charge on any atom is 0.277 e. The monoisotopic (exact) mass is 470 g/mol. The van der Waals surface area contributed by atoms with Crippen molar-refractivity contribution in [2.45, 2.75) is 12.1 Å². The van der Waals surface area contributed by atoms with Gasteiger partial charge in [-0.1, -0.05) is 11.8 Å². The lowest BCUT2D eigenvalue weighted by Gasteiger charge is -2.09. The van der Waals surface area contributed by atoms with Crippen molar-refractivity contribution < 1.29 is 18.8 Å². The maximum atomic E-state index is 13.0. The van der Waals surface area contributed by atoms with Crippen molar-refractivity contribution in [2.24, 2.45) is 0 Å². The van der Waals surface area contributed by atoms with Gasteiger partial charge in [0, 0.05) is 23.9 Å². The van der Waals surface area contributed by atoms with Crippen molar-refractivity contribution in [3.8, 4) is 0 Å². The minimum absolute atomic E-state index is 0.0723. The summed E-state index contributed by atoms with van der Waals surface area (Å²) in [6.45, 7) is 1.39. The van der Waals surface area contributed by atoms with Gasteiger partial charge >= 0.3 is 0 Å². The number of carbonyl (C=O) groups excluding carboxylic acids is 3. The molecule has 0 unspecified atom stereocenters. The van der Waals surface area contributed by atoms with Crippen LogP contribution in [0.2, 0.25) is 0 Å². The Morgan fingerprint density at radius 2 is 1.61 bits per heavy atom. The summed E-state index contributed by atoms with van der Waals surface area (Å²) < 4.78 is 13.0. The predicted molar refractivity (Wildman–Crippen MR) is 124 cm³/mol. The molecule has 3 aromatic rings. The van der Waals surface area contributed by atoms with Crippen molar-refractivity contribution in [2.75, 3.05) is 27.4 Å². The average Bonchev–Trinajstić information content (AvgIpc) is 2.76. The Kier molecular flexibility index (Phi) is 7.41. The van der Waals surface area contributed by atoms with E-state index in [0.717, 1.165) is 23.9 Å². The van der Waals surface area contributed by atoms with Crippen molar-refractivity contribution in [3.05, 3.63) is 70.3 Å². The van der Waals surface area contributed by atoms with Crippen molar-refractivity contribution in [3.63, 3.8) is 0 Å². The second-order valence-corrected chi connectivity index (χ2v) is 7.65. The first-order valence-corrected chi connectivity index (χ1v) is 10.5. The first-order valence-electron chi connectivity index (χ1n) is 9.48. The second kappa shape index (κ2) is 10.4. The number of anilines is 4. The molecule has 2 aromatic carbocycles. The zero-order valence-electron chi connectivity index (χ0n) is 17.3. The third-order valence-electron chi connectivity index (χ3n) is 4.10. The number of carbonyl (C=O) groups is 3. The number of rotatable bonds is 7. The molecule has 0 aliphatic rings. The molecule has 0 aliphatic carbocycles. The van der Waals surface area contributed by atoms with Crippen LogP contribution in [-0.4, -0.2) is 33.4 Å². The molecule has 0 aliphatic heterocycles. The number of nitrogens with zero attached hydrogens (tertiary/aromatic N) is 1. The molecule has 6 N–H and O–H groups in total. The van der Waals surface area contributed by atoms with Gasteiger partial charge in [0.25, 0.3) is 11.5 Å². The van der Waals surface area contributed by atoms with E-state index in [1.54, 1.807) is 24.3 Å². The Morgan fingerprint density at radius 3 is 2.18 bits per heavy atom. The molecule has 10 nitrogen and oxygen atoms in total. The highest BCUT2D eigenvalue weighted by Gasteiger charge is 2.15. The normalized spacial score (nSPS) is 10.4. The number of benzene rings is 2. The van der Waals surface area contributed by atoms with Crippen LogP contribution in [0.15, 0.2) is 58.5 Å². The summed E-state index contributed by atoms with van der Waals surface area (Å²) >= 11 is 0.943. The van der Waals surface area contributed by atoms with Crippen LogP contribution < -0.4 is 27.2 Å². The number of amides is 3. The van der Waals surface area contributed by atoms with Gasteiger partial charge in [0.1, 0.15) is 11.5 Å². The van der Waals surface area contributed by atoms with Crippen molar-refractivity contribution in [1.29, 1.82) is 0 Å². The molecule has 0 spiro atoms. The summed E-state index contributed by atoms with van der Waals surface area (Å²) in [6, 6.07) is 11.3. The lowest BCUT2D eigenvalue weighted by atomic mass is 10.2. The third kappa shape index (κ3) is 6.64. The predicted octanol–water partition coefficient (Wildman–Crippen LogP) is 2.43. The van der Waals surface area contributed by atoms with Gasteiger partial charge in [-0.2, -0.15) is 0 Å². The minimum Gasteiger partial charge on any atom is -0.382 e. The Hall–Kier alpha value is -4.19. The Balaban J connectivity index is 1.58. The van der Waals surface area contributed by atoms with E-state index in [-0.39, 0.29) is 39.8 Å². The number of nitrogen functional groups attached to an aromatic ring is 1. The van der Waals surface area contributed by atoms with Crippen molar-refractivity contribution >= 4 is 52.4 Å². The number of aromatic nitrogens is 2. The fraction of sp³-hybridized carbons (Fsp3) is 0.0952. The smallest absolute Gasteiger partial charge is 0.277 e. The number of hydrogen-bond donors (Lipinski definition) is 5. The van der Waals surface area contributed by atoms with Gasteiger partial charge in [0.05, 0.1) is 5.75 Å². The number of nitrogens with two attached hydrogens (primary N) is 1. The molecule has 0 fully saturated rings. The molecule has 12 heteroatoms. The highest BCUT2D eigenvalue weighted by atomic mass is 32.2. The van der Waals surface area contributed by atoms with Gasteiger partial charge < -0.3 is 21.7 Å². The molecule has 33 heavy (non-hydrogen) atoms. The highest BCUT2D eigenvalue weighted by molar-refractivity contribution is 7.99. The van der Waals surface area contributed by atoms with Gasteiger partial charge in [-0.3, -0.25) is 24.2 Å². The number of halogens is 1. The van der Waals surface area contributed by atoms with Gasteiger partial charge in [-0.05, 0) is 48.5 Å². The lowest BCUT2D eigenvalue weighted by molar-refractivity contribution is -0.114. The number of H-pyrrole nitrogens is 1. The molecule has 3 rings (SSSR count). The molecule has 0 radical (unpaired) electrons. The molecule has 1 heterocycles. The zero-order chi connectivity index (χ0) is 24.0. The molecule has 1 aromatic heterocycles. The van der Waals surface area contributed by atoms with Gasteiger partial charge in [0.15, 0.2) is 11.0 Å². The number of thioether (sulfide) groups is 1. The number of hydrogen-bond acceptors (Lipinski definition) is 7. The Labute approximate surface area is 191 Å². The van der Waals surface area contributed by atoms with Crippen LogP contribution in [0.3, 0.4) is 0 Å². The van der Waals surface area contributed by atoms with Crippen LogP contribution in [0.1, 0.15) is 17.3 Å². The lowest BCUT2D eigenvalue weighted by Crippen LogP contribution is -2.23. The maximum absolute atomic E-state index is 13.0. The van der Waals surface area contributed by atoms with Crippen LogP contribution in [0.4, 0.5) is 27.3 Å². The van der Waals surface area contributed by atoms with Crippen LogP contribution in [-0.2, 0) is 9.59 Å². The largest absolute Gasteiger partial charge is 0.382 e. The van der Waals surface area contributed by atoms with E-state index in [4.69, 9.17) is 5.73 Å². The molecule has 170 valence electrons. The molecule has 0 saturated carbocycles. The average molecular weight is 470 g/mol. The summed E-state index contributed by atoms with van der Waals surface area (Å²) in [4.78, 5) is 54.2. The highest BCUT2D eigenvalue weighted by Crippen LogP contribution is 2.19. The van der Waals surface area contributed by atoms with E-state index in [0.29, 0.717) is 11.4 Å². The first-order chi connectivity index (χ1) is 15.7. The second-order valence-electron chi connectivity index (χ2n) is 6.69. The topological polar surface area (TPSA) is 159 Å². The first kappa shape index (κ1) is 23.5. The van der Waals surface area contributed by atoms with Gasteiger partial charge in [-0.15, -0.1) is 0 Å². The van der Waals surface area contributed by atoms with E-state index in [1.165, 1.54) is 19.1 Å². The quantitative estimate of drug-likeness (QED) is 0.262. The fourth-order valence-electron chi connectivity index (χ4n) is 2.62. The van der Waals surface area contributed by atoms with E-state index >= 15 is 0 Å². The SMILES string of the molecule is CC(=O)Nc1ccc(NC(=O)CSc2nc(N)c(NC(=O)c3ccc(F)cc3)c(=O)[nH]2)cc1. The Bertz CT molecular complexity index is 1250.